The Morgan fingerprint density at radius 3 is 2.27 bits per heavy atom. The summed E-state index contributed by atoms with van der Waals surface area (Å²) in [5.41, 5.74) is 3.36. The zero-order chi connectivity index (χ0) is 22.2. The highest BCUT2D eigenvalue weighted by atomic mass is 16.2. The number of aromatic amines is 1. The van der Waals surface area contributed by atoms with Gasteiger partial charge in [-0.1, -0.05) is 60.7 Å². The van der Waals surface area contributed by atoms with E-state index in [1.165, 1.54) is 27.1 Å². The standard InChI is InChI=1S/C28H26N4O/c33-27(14-13-20-19-29-25-11-5-3-7-21(20)25)31-15-17-32(18-16-31)28-24-10-2-1-8-22(24)23-9-4-6-12-26(23)30-28/h1-12,19,29H,13-18H2. The molecular weight excluding hydrogens is 408 g/mol. The van der Waals surface area contributed by atoms with Crippen LogP contribution in [0, 0.1) is 0 Å². The number of carbonyl (C=O) groups excluding carboxylic acids is 1. The maximum absolute atomic E-state index is 12.9. The van der Waals surface area contributed by atoms with E-state index in [-0.39, 0.29) is 5.91 Å². The second-order valence-electron chi connectivity index (χ2n) is 8.73. The molecule has 0 spiro atoms. The third-order valence-electron chi connectivity index (χ3n) is 6.80. The molecule has 1 N–H and O–H groups in total. The van der Waals surface area contributed by atoms with Gasteiger partial charge in [-0.05, 0) is 29.5 Å². The van der Waals surface area contributed by atoms with E-state index in [4.69, 9.17) is 4.98 Å². The minimum atomic E-state index is 0.233. The number of anilines is 1. The molecule has 5 nitrogen and oxygen atoms in total. The molecule has 5 aromatic rings. The second kappa shape index (κ2) is 8.24. The Hall–Kier alpha value is -3.86. The summed E-state index contributed by atoms with van der Waals surface area (Å²) in [6.45, 7) is 3.06. The molecule has 0 bridgehead atoms. The van der Waals surface area contributed by atoms with Crippen LogP contribution in [0.5, 0.6) is 0 Å². The summed E-state index contributed by atoms with van der Waals surface area (Å²) in [5, 5.41) is 4.80. The van der Waals surface area contributed by atoms with Crippen LogP contribution in [0.15, 0.2) is 79.0 Å². The molecule has 0 unspecified atom stereocenters. The fourth-order valence-corrected chi connectivity index (χ4v) is 5.03. The van der Waals surface area contributed by atoms with Gasteiger partial charge in [-0.15, -0.1) is 0 Å². The topological polar surface area (TPSA) is 52.2 Å². The van der Waals surface area contributed by atoms with E-state index < -0.39 is 0 Å². The van der Waals surface area contributed by atoms with Gasteiger partial charge < -0.3 is 14.8 Å². The lowest BCUT2D eigenvalue weighted by Gasteiger charge is -2.36. The SMILES string of the molecule is O=C(CCc1c[nH]c2ccccc12)N1CCN(c2nc3ccccc3c3ccccc23)CC1. The Morgan fingerprint density at radius 2 is 1.45 bits per heavy atom. The Bertz CT molecular complexity index is 1460. The van der Waals surface area contributed by atoms with Crippen molar-refractivity contribution >= 4 is 44.3 Å². The van der Waals surface area contributed by atoms with Crippen molar-refractivity contribution in [1.29, 1.82) is 0 Å². The molecule has 0 saturated carbocycles. The Balaban J connectivity index is 1.16. The summed E-state index contributed by atoms with van der Waals surface area (Å²) in [5.74, 6) is 1.26. The molecule has 164 valence electrons. The summed E-state index contributed by atoms with van der Waals surface area (Å²) in [7, 11) is 0. The third-order valence-corrected chi connectivity index (χ3v) is 6.80. The number of aryl methyl sites for hydroxylation is 1. The number of benzene rings is 3. The molecule has 3 heterocycles. The molecule has 1 aliphatic rings. The van der Waals surface area contributed by atoms with Gasteiger partial charge >= 0.3 is 0 Å². The van der Waals surface area contributed by atoms with E-state index in [1.54, 1.807) is 0 Å². The van der Waals surface area contributed by atoms with Crippen LogP contribution in [-0.4, -0.2) is 47.0 Å². The number of para-hydroxylation sites is 2. The molecule has 1 fully saturated rings. The van der Waals surface area contributed by atoms with Gasteiger partial charge in [0.2, 0.25) is 5.91 Å². The highest BCUT2D eigenvalue weighted by Crippen LogP contribution is 2.31. The number of piperazine rings is 1. The molecule has 0 aliphatic carbocycles. The quantitative estimate of drug-likeness (QED) is 0.398. The molecule has 1 aliphatic heterocycles. The van der Waals surface area contributed by atoms with E-state index in [9.17, 15) is 4.79 Å². The number of nitrogens with one attached hydrogen (secondary N) is 1. The van der Waals surface area contributed by atoms with Crippen molar-refractivity contribution in [2.24, 2.45) is 0 Å². The van der Waals surface area contributed by atoms with E-state index in [0.717, 1.165) is 49.5 Å². The van der Waals surface area contributed by atoms with Crippen molar-refractivity contribution in [2.75, 3.05) is 31.1 Å². The third kappa shape index (κ3) is 3.59. The van der Waals surface area contributed by atoms with Crippen LogP contribution in [0.25, 0.3) is 32.6 Å². The van der Waals surface area contributed by atoms with Crippen molar-refractivity contribution in [3.05, 3.63) is 84.6 Å². The van der Waals surface area contributed by atoms with Gasteiger partial charge in [0, 0.05) is 60.5 Å². The average molecular weight is 435 g/mol. The molecule has 5 heteroatoms. The predicted octanol–water partition coefficient (Wildman–Crippen LogP) is 5.15. The van der Waals surface area contributed by atoms with Crippen LogP contribution in [-0.2, 0) is 11.2 Å². The number of hydrogen-bond acceptors (Lipinski definition) is 3. The molecular formula is C28H26N4O. The monoisotopic (exact) mass is 434 g/mol. The summed E-state index contributed by atoms with van der Waals surface area (Å²) in [6.07, 6.45) is 3.34. The number of pyridine rings is 1. The number of fused-ring (bicyclic) bond motifs is 4. The molecule has 6 rings (SSSR count). The van der Waals surface area contributed by atoms with Gasteiger partial charge in [0.1, 0.15) is 5.82 Å². The molecule has 0 atom stereocenters. The second-order valence-corrected chi connectivity index (χ2v) is 8.73. The fraction of sp³-hybridized carbons (Fsp3) is 0.214. The van der Waals surface area contributed by atoms with Gasteiger partial charge in [-0.2, -0.15) is 0 Å². The largest absolute Gasteiger partial charge is 0.361 e. The molecule has 1 amide bonds. The summed E-state index contributed by atoms with van der Waals surface area (Å²) in [6, 6.07) is 25.1. The highest BCUT2D eigenvalue weighted by Gasteiger charge is 2.23. The zero-order valence-electron chi connectivity index (χ0n) is 18.5. The number of amides is 1. The lowest BCUT2D eigenvalue weighted by molar-refractivity contribution is -0.131. The number of rotatable bonds is 4. The normalized spacial score (nSPS) is 14.4. The lowest BCUT2D eigenvalue weighted by Crippen LogP contribution is -2.49. The first kappa shape index (κ1) is 19.8. The first-order valence-corrected chi connectivity index (χ1v) is 11.6. The summed E-state index contributed by atoms with van der Waals surface area (Å²) >= 11 is 0. The molecule has 0 radical (unpaired) electrons. The van der Waals surface area contributed by atoms with E-state index in [0.29, 0.717) is 6.42 Å². The van der Waals surface area contributed by atoms with Crippen molar-refractivity contribution in [3.8, 4) is 0 Å². The average Bonchev–Trinajstić information content (AvgIpc) is 3.30. The van der Waals surface area contributed by atoms with Crippen molar-refractivity contribution in [1.82, 2.24) is 14.9 Å². The lowest BCUT2D eigenvalue weighted by atomic mass is 10.1. The number of nitrogens with zero attached hydrogens (tertiary/aromatic N) is 3. The van der Waals surface area contributed by atoms with Crippen LogP contribution in [0.4, 0.5) is 5.82 Å². The highest BCUT2D eigenvalue weighted by molar-refractivity contribution is 6.10. The number of hydrogen-bond donors (Lipinski definition) is 1. The zero-order valence-corrected chi connectivity index (χ0v) is 18.5. The van der Waals surface area contributed by atoms with Gasteiger partial charge in [-0.25, -0.2) is 4.98 Å². The first-order chi connectivity index (χ1) is 16.3. The first-order valence-electron chi connectivity index (χ1n) is 11.6. The fourth-order valence-electron chi connectivity index (χ4n) is 5.03. The number of H-pyrrole nitrogens is 1. The van der Waals surface area contributed by atoms with Crippen molar-refractivity contribution in [2.45, 2.75) is 12.8 Å². The Morgan fingerprint density at radius 1 is 0.788 bits per heavy atom. The summed E-state index contributed by atoms with van der Waals surface area (Å²) < 4.78 is 0. The predicted molar refractivity (Wildman–Crippen MR) is 135 cm³/mol. The van der Waals surface area contributed by atoms with Crippen molar-refractivity contribution < 1.29 is 4.79 Å². The van der Waals surface area contributed by atoms with Crippen LogP contribution in [0.1, 0.15) is 12.0 Å². The van der Waals surface area contributed by atoms with Crippen molar-refractivity contribution in [3.63, 3.8) is 0 Å². The van der Waals surface area contributed by atoms with E-state index >= 15 is 0 Å². The smallest absolute Gasteiger partial charge is 0.223 e. The minimum Gasteiger partial charge on any atom is -0.361 e. The van der Waals surface area contributed by atoms with Crippen LogP contribution in [0.2, 0.25) is 0 Å². The molecule has 3 aromatic carbocycles. The van der Waals surface area contributed by atoms with Gasteiger partial charge in [0.15, 0.2) is 0 Å². The van der Waals surface area contributed by atoms with E-state index in [1.807, 2.05) is 29.3 Å². The minimum absolute atomic E-state index is 0.233. The van der Waals surface area contributed by atoms with Gasteiger partial charge in [0.05, 0.1) is 5.52 Å². The van der Waals surface area contributed by atoms with Crippen LogP contribution < -0.4 is 4.90 Å². The van der Waals surface area contributed by atoms with Crippen LogP contribution >= 0.6 is 0 Å². The molecule has 1 saturated heterocycles. The van der Waals surface area contributed by atoms with Gasteiger partial charge in [-0.3, -0.25) is 4.79 Å². The van der Waals surface area contributed by atoms with E-state index in [2.05, 4.69) is 64.5 Å². The van der Waals surface area contributed by atoms with Gasteiger partial charge in [0.25, 0.3) is 0 Å². The Kier molecular flexibility index (Phi) is 4.95. The Labute approximate surface area is 192 Å². The molecule has 33 heavy (non-hydrogen) atoms. The maximum atomic E-state index is 12.9. The summed E-state index contributed by atoms with van der Waals surface area (Å²) in [4.78, 5) is 25.6. The molecule has 2 aromatic heterocycles. The maximum Gasteiger partial charge on any atom is 0.223 e. The number of aromatic nitrogens is 2. The number of carbonyl (C=O) groups is 1. The van der Waals surface area contributed by atoms with Crippen LogP contribution in [0.3, 0.4) is 0 Å².